The first-order valence-electron chi connectivity index (χ1n) is 8.86. The van der Waals surface area contributed by atoms with Gasteiger partial charge in [0, 0.05) is 28.7 Å². The van der Waals surface area contributed by atoms with E-state index in [1.165, 1.54) is 11.8 Å². The maximum atomic E-state index is 13.5. The first kappa shape index (κ1) is 17.5. The zero-order chi connectivity index (χ0) is 18.8. The number of Topliss-reactive ketones (excluding diaryl/α,β-unsaturated/α-hetero) is 1. The summed E-state index contributed by atoms with van der Waals surface area (Å²) in [6.07, 6.45) is 3.52. The van der Waals surface area contributed by atoms with Crippen LogP contribution in [0.25, 0.3) is 10.9 Å². The fourth-order valence-electron chi connectivity index (χ4n) is 3.09. The van der Waals surface area contributed by atoms with Gasteiger partial charge in [0.2, 0.25) is 0 Å². The molecule has 1 atom stereocenters. The van der Waals surface area contributed by atoms with Gasteiger partial charge in [0.1, 0.15) is 11.6 Å². The second-order valence-corrected chi connectivity index (χ2v) is 7.71. The highest BCUT2D eigenvalue weighted by atomic mass is 32.2. The maximum absolute atomic E-state index is 13.5. The first-order valence-corrected chi connectivity index (χ1v) is 9.74. The molecule has 0 saturated heterocycles. The molecule has 0 saturated carbocycles. The van der Waals surface area contributed by atoms with Crippen LogP contribution in [0.4, 0.5) is 0 Å². The summed E-state index contributed by atoms with van der Waals surface area (Å²) >= 11 is 1.44. The molecule has 2 aromatic carbocycles. The number of aromatic amines is 1. The van der Waals surface area contributed by atoms with Crippen LogP contribution in [0.2, 0.25) is 0 Å². The molecule has 1 N–H and O–H groups in total. The summed E-state index contributed by atoms with van der Waals surface area (Å²) in [7, 11) is 0. The number of nitrogens with zero attached hydrogens (tertiary/aromatic N) is 3. The number of hydrogen-bond acceptors (Lipinski definition) is 4. The van der Waals surface area contributed by atoms with Crippen molar-refractivity contribution in [3.63, 3.8) is 0 Å². The molecular weight excluding hydrogens is 356 g/mol. The smallest absolute Gasteiger partial charge is 0.192 e. The van der Waals surface area contributed by atoms with Gasteiger partial charge < -0.3 is 9.55 Å². The molecule has 1 unspecified atom stereocenters. The monoisotopic (exact) mass is 376 g/mol. The molecule has 0 amide bonds. The second kappa shape index (κ2) is 7.40. The fourth-order valence-corrected chi connectivity index (χ4v) is 4.31. The Morgan fingerprint density at radius 3 is 2.59 bits per heavy atom. The second-order valence-electron chi connectivity index (χ2n) is 6.64. The van der Waals surface area contributed by atoms with E-state index in [1.807, 2.05) is 59.2 Å². The van der Waals surface area contributed by atoms with E-state index in [0.717, 1.165) is 21.6 Å². The highest BCUT2D eigenvalue weighted by Crippen LogP contribution is 2.38. The average Bonchev–Trinajstić information content (AvgIpc) is 3.33. The number of nitrogens with one attached hydrogen (secondary N) is 1. The quantitative estimate of drug-likeness (QED) is 0.377. The van der Waals surface area contributed by atoms with Crippen LogP contribution in [0.15, 0.2) is 72.3 Å². The molecule has 0 aliphatic carbocycles. The molecule has 5 nitrogen and oxygen atoms in total. The fraction of sp³-hybridized carbons (Fsp3) is 0.190. The van der Waals surface area contributed by atoms with E-state index in [9.17, 15) is 4.79 Å². The number of rotatable bonds is 6. The van der Waals surface area contributed by atoms with E-state index in [0.29, 0.717) is 5.56 Å². The normalized spacial score (nSPS) is 12.6. The minimum Gasteiger partial charge on any atom is -0.360 e. The lowest BCUT2D eigenvalue weighted by Gasteiger charge is -2.17. The number of carbonyl (C=O) groups excluding carboxylic acids is 1. The molecule has 0 aliphatic rings. The molecular formula is C21H20N4OS. The van der Waals surface area contributed by atoms with Gasteiger partial charge in [-0.3, -0.25) is 4.79 Å². The van der Waals surface area contributed by atoms with Crippen LogP contribution in [0.1, 0.15) is 41.1 Å². The molecule has 0 radical (unpaired) electrons. The zero-order valence-electron chi connectivity index (χ0n) is 15.2. The Hall–Kier alpha value is -2.86. The van der Waals surface area contributed by atoms with Crippen molar-refractivity contribution in [2.45, 2.75) is 30.3 Å². The Bertz CT molecular complexity index is 1070. The van der Waals surface area contributed by atoms with Crippen LogP contribution in [-0.2, 0) is 0 Å². The third-order valence-corrected chi connectivity index (χ3v) is 5.74. The van der Waals surface area contributed by atoms with Crippen LogP contribution in [0.3, 0.4) is 0 Å². The summed E-state index contributed by atoms with van der Waals surface area (Å²) in [4.78, 5) is 16.7. The third kappa shape index (κ3) is 3.40. The highest BCUT2D eigenvalue weighted by molar-refractivity contribution is 8.00. The van der Waals surface area contributed by atoms with Gasteiger partial charge in [-0.15, -0.1) is 10.2 Å². The van der Waals surface area contributed by atoms with Crippen molar-refractivity contribution in [1.82, 2.24) is 19.7 Å². The summed E-state index contributed by atoms with van der Waals surface area (Å²) in [5.74, 6) is 0.0574. The number of ketones is 1. The molecule has 27 heavy (non-hydrogen) atoms. The summed E-state index contributed by atoms with van der Waals surface area (Å²) in [6, 6.07) is 17.9. The van der Waals surface area contributed by atoms with Crippen molar-refractivity contribution in [1.29, 1.82) is 0 Å². The Labute approximate surface area is 161 Å². The van der Waals surface area contributed by atoms with E-state index in [2.05, 4.69) is 29.0 Å². The molecule has 0 aliphatic heterocycles. The van der Waals surface area contributed by atoms with Gasteiger partial charge in [-0.25, -0.2) is 0 Å². The number of benzene rings is 2. The average molecular weight is 376 g/mol. The van der Waals surface area contributed by atoms with Gasteiger partial charge in [-0.1, -0.05) is 60.3 Å². The highest BCUT2D eigenvalue weighted by Gasteiger charge is 2.27. The van der Waals surface area contributed by atoms with Crippen molar-refractivity contribution in [2.24, 2.45) is 0 Å². The molecule has 136 valence electrons. The SMILES string of the molecule is CC(C)n1cnnc1SC(C(=O)c1c[nH]c2ccccc12)c1ccccc1. The van der Waals surface area contributed by atoms with Crippen LogP contribution in [0, 0.1) is 0 Å². The van der Waals surface area contributed by atoms with Gasteiger partial charge in [-0.05, 0) is 25.5 Å². The molecule has 4 aromatic rings. The number of fused-ring (bicyclic) bond motifs is 1. The summed E-state index contributed by atoms with van der Waals surface area (Å²) in [5, 5.41) is 9.57. The molecule has 0 bridgehead atoms. The maximum Gasteiger partial charge on any atom is 0.192 e. The largest absolute Gasteiger partial charge is 0.360 e. The van der Waals surface area contributed by atoms with Crippen molar-refractivity contribution in [2.75, 3.05) is 0 Å². The minimum absolute atomic E-state index is 0.0574. The number of thioether (sulfide) groups is 1. The molecule has 6 heteroatoms. The van der Waals surface area contributed by atoms with E-state index >= 15 is 0 Å². The Morgan fingerprint density at radius 1 is 1.07 bits per heavy atom. The van der Waals surface area contributed by atoms with Gasteiger partial charge in [0.15, 0.2) is 10.9 Å². The number of H-pyrrole nitrogens is 1. The summed E-state index contributed by atoms with van der Waals surface area (Å²) < 4.78 is 1.99. The zero-order valence-corrected chi connectivity index (χ0v) is 16.0. The number of hydrogen-bond donors (Lipinski definition) is 1. The minimum atomic E-state index is -0.396. The lowest BCUT2D eigenvalue weighted by Crippen LogP contribution is -2.11. The standard InChI is InChI=1S/C21H20N4OS/c1-14(2)25-13-23-24-21(25)27-20(15-8-4-3-5-9-15)19(26)17-12-22-18-11-7-6-10-16(17)18/h3-14,20,22H,1-2H3. The summed E-state index contributed by atoms with van der Waals surface area (Å²) in [6.45, 7) is 4.15. The van der Waals surface area contributed by atoms with Gasteiger partial charge >= 0.3 is 0 Å². The van der Waals surface area contributed by atoms with Crippen molar-refractivity contribution in [3.05, 3.63) is 78.2 Å². The van der Waals surface area contributed by atoms with E-state index in [-0.39, 0.29) is 11.8 Å². The lowest BCUT2D eigenvalue weighted by atomic mass is 10.0. The van der Waals surface area contributed by atoms with Crippen molar-refractivity contribution < 1.29 is 4.79 Å². The number of aromatic nitrogens is 4. The van der Waals surface area contributed by atoms with Gasteiger partial charge in [0.05, 0.1) is 0 Å². The van der Waals surface area contributed by atoms with Gasteiger partial charge in [-0.2, -0.15) is 0 Å². The summed E-state index contributed by atoms with van der Waals surface area (Å²) in [5.41, 5.74) is 2.61. The van der Waals surface area contributed by atoms with Crippen molar-refractivity contribution >= 4 is 28.4 Å². The molecule has 2 heterocycles. The molecule has 2 aromatic heterocycles. The van der Waals surface area contributed by atoms with Crippen LogP contribution < -0.4 is 0 Å². The predicted octanol–water partition coefficient (Wildman–Crippen LogP) is 5.06. The Balaban J connectivity index is 1.76. The third-order valence-electron chi connectivity index (χ3n) is 4.51. The van der Waals surface area contributed by atoms with Crippen LogP contribution >= 0.6 is 11.8 Å². The Morgan fingerprint density at radius 2 is 1.81 bits per heavy atom. The van der Waals surface area contributed by atoms with E-state index < -0.39 is 5.25 Å². The van der Waals surface area contributed by atoms with Gasteiger partial charge in [0.25, 0.3) is 0 Å². The first-order chi connectivity index (χ1) is 13.1. The van der Waals surface area contributed by atoms with Crippen molar-refractivity contribution in [3.8, 4) is 0 Å². The molecule has 0 fully saturated rings. The molecule has 4 rings (SSSR count). The number of para-hydroxylation sites is 1. The topological polar surface area (TPSA) is 63.6 Å². The van der Waals surface area contributed by atoms with E-state index in [4.69, 9.17) is 0 Å². The van der Waals surface area contributed by atoms with E-state index in [1.54, 1.807) is 12.5 Å². The van der Waals surface area contributed by atoms with Crippen LogP contribution in [0.5, 0.6) is 0 Å². The molecule has 0 spiro atoms. The lowest BCUT2D eigenvalue weighted by molar-refractivity contribution is 0.0991. The Kier molecular flexibility index (Phi) is 4.81. The van der Waals surface area contributed by atoms with Crippen LogP contribution in [-0.4, -0.2) is 25.5 Å². The predicted molar refractivity (Wildman–Crippen MR) is 108 cm³/mol. The number of carbonyl (C=O) groups is 1.